The van der Waals surface area contributed by atoms with Gasteiger partial charge in [0, 0.05) is 26.2 Å². The fraction of sp³-hybridized carbons (Fsp3) is 0.667. The quantitative estimate of drug-likeness (QED) is 0.410. The number of rotatable bonds is 13. The minimum atomic E-state index is -0.153. The Bertz CT molecular complexity index is 355. The second-order valence-electron chi connectivity index (χ2n) is 5.03. The van der Waals surface area contributed by atoms with Crippen LogP contribution >= 0.6 is 0 Å². The van der Waals surface area contributed by atoms with E-state index in [1.54, 1.807) is 0 Å². The SMILES string of the molecule is CCOC(C)OCCCC(OCC)OCCc1ccccc1. The summed E-state index contributed by atoms with van der Waals surface area (Å²) in [6, 6.07) is 10.3. The smallest absolute Gasteiger partial charge is 0.157 e. The van der Waals surface area contributed by atoms with Gasteiger partial charge >= 0.3 is 0 Å². The van der Waals surface area contributed by atoms with Crippen LogP contribution in [0.15, 0.2) is 30.3 Å². The molecule has 0 N–H and O–H groups in total. The van der Waals surface area contributed by atoms with Gasteiger partial charge in [-0.1, -0.05) is 30.3 Å². The topological polar surface area (TPSA) is 36.9 Å². The molecule has 0 spiro atoms. The summed E-state index contributed by atoms with van der Waals surface area (Å²) in [7, 11) is 0. The maximum Gasteiger partial charge on any atom is 0.157 e. The highest BCUT2D eigenvalue weighted by molar-refractivity contribution is 5.14. The van der Waals surface area contributed by atoms with Gasteiger partial charge in [-0.05, 0) is 39.2 Å². The van der Waals surface area contributed by atoms with Gasteiger partial charge in [-0.2, -0.15) is 0 Å². The Hall–Kier alpha value is -0.940. The fourth-order valence-electron chi connectivity index (χ4n) is 2.14. The second-order valence-corrected chi connectivity index (χ2v) is 5.03. The molecule has 0 aromatic heterocycles. The molecule has 0 saturated carbocycles. The predicted molar refractivity (Wildman–Crippen MR) is 87.8 cm³/mol. The van der Waals surface area contributed by atoms with Crippen molar-refractivity contribution in [1.82, 2.24) is 0 Å². The first-order valence-corrected chi connectivity index (χ1v) is 8.26. The Kier molecular flexibility index (Phi) is 10.9. The maximum atomic E-state index is 5.83. The minimum Gasteiger partial charge on any atom is -0.353 e. The molecule has 0 aliphatic carbocycles. The van der Waals surface area contributed by atoms with Gasteiger partial charge in [0.2, 0.25) is 0 Å². The van der Waals surface area contributed by atoms with E-state index >= 15 is 0 Å². The Morgan fingerprint density at radius 1 is 0.864 bits per heavy atom. The van der Waals surface area contributed by atoms with Crippen LogP contribution in [0.25, 0.3) is 0 Å². The summed E-state index contributed by atoms with van der Waals surface area (Å²) in [6.45, 7) is 8.53. The molecular weight excluding hydrogens is 280 g/mol. The fourth-order valence-corrected chi connectivity index (χ4v) is 2.14. The monoisotopic (exact) mass is 310 g/mol. The molecule has 22 heavy (non-hydrogen) atoms. The van der Waals surface area contributed by atoms with E-state index in [0.717, 1.165) is 19.3 Å². The maximum absolute atomic E-state index is 5.83. The predicted octanol–water partition coefficient (Wildman–Crippen LogP) is 3.79. The molecule has 126 valence electrons. The van der Waals surface area contributed by atoms with Crippen molar-refractivity contribution in [2.45, 2.75) is 52.6 Å². The van der Waals surface area contributed by atoms with E-state index in [2.05, 4.69) is 12.1 Å². The lowest BCUT2D eigenvalue weighted by atomic mass is 10.2. The lowest BCUT2D eigenvalue weighted by Crippen LogP contribution is -2.20. The lowest BCUT2D eigenvalue weighted by molar-refractivity contribution is -0.154. The van der Waals surface area contributed by atoms with E-state index in [1.807, 2.05) is 39.0 Å². The van der Waals surface area contributed by atoms with Crippen LogP contribution in [0.1, 0.15) is 39.2 Å². The van der Waals surface area contributed by atoms with Crippen LogP contribution in [0.3, 0.4) is 0 Å². The average Bonchev–Trinajstić information content (AvgIpc) is 2.53. The van der Waals surface area contributed by atoms with Crippen molar-refractivity contribution in [1.29, 1.82) is 0 Å². The third-order valence-corrected chi connectivity index (χ3v) is 3.23. The Morgan fingerprint density at radius 3 is 2.27 bits per heavy atom. The van der Waals surface area contributed by atoms with Crippen LogP contribution in [0, 0.1) is 0 Å². The van der Waals surface area contributed by atoms with Crippen LogP contribution in [-0.2, 0) is 25.4 Å². The van der Waals surface area contributed by atoms with Crippen LogP contribution in [-0.4, -0.2) is 39.0 Å². The first-order chi connectivity index (χ1) is 10.8. The zero-order valence-electron chi connectivity index (χ0n) is 14.1. The minimum absolute atomic E-state index is 0.144. The summed E-state index contributed by atoms with van der Waals surface area (Å²) in [5.74, 6) is 0. The molecule has 0 saturated heterocycles. The molecule has 4 heteroatoms. The third-order valence-electron chi connectivity index (χ3n) is 3.23. The summed E-state index contributed by atoms with van der Waals surface area (Å²) in [5, 5.41) is 0. The second kappa shape index (κ2) is 12.6. The molecule has 1 rings (SSSR count). The molecule has 0 amide bonds. The highest BCUT2D eigenvalue weighted by Crippen LogP contribution is 2.08. The van der Waals surface area contributed by atoms with Crippen LogP contribution in [0.4, 0.5) is 0 Å². The Balaban J connectivity index is 2.15. The van der Waals surface area contributed by atoms with E-state index in [1.165, 1.54) is 5.56 Å². The highest BCUT2D eigenvalue weighted by atomic mass is 16.7. The molecule has 0 heterocycles. The summed E-state index contributed by atoms with van der Waals surface area (Å²) < 4.78 is 22.3. The third kappa shape index (κ3) is 9.15. The number of hydrogen-bond acceptors (Lipinski definition) is 4. The Morgan fingerprint density at radius 2 is 1.59 bits per heavy atom. The molecule has 0 radical (unpaired) electrons. The summed E-state index contributed by atoms with van der Waals surface area (Å²) >= 11 is 0. The standard InChI is InChI=1S/C18H30O4/c1-4-19-16(3)21-14-9-12-18(20-5-2)22-15-13-17-10-7-6-8-11-17/h6-8,10-11,16,18H,4-5,9,12-15H2,1-3H3. The van der Waals surface area contributed by atoms with Crippen molar-refractivity contribution in [3.8, 4) is 0 Å². The van der Waals surface area contributed by atoms with E-state index in [9.17, 15) is 0 Å². The van der Waals surface area contributed by atoms with Crippen LogP contribution in [0.2, 0.25) is 0 Å². The summed E-state index contributed by atoms with van der Waals surface area (Å²) in [5.41, 5.74) is 1.28. The van der Waals surface area contributed by atoms with Crippen LogP contribution in [0.5, 0.6) is 0 Å². The molecular formula is C18H30O4. The van der Waals surface area contributed by atoms with Gasteiger partial charge in [-0.3, -0.25) is 0 Å². The first kappa shape index (κ1) is 19.1. The number of ether oxygens (including phenoxy) is 4. The molecule has 1 aromatic carbocycles. The van der Waals surface area contributed by atoms with Gasteiger partial charge in [0.15, 0.2) is 12.6 Å². The molecule has 4 nitrogen and oxygen atoms in total. The molecule has 2 unspecified atom stereocenters. The zero-order valence-corrected chi connectivity index (χ0v) is 14.1. The van der Waals surface area contributed by atoms with E-state index in [4.69, 9.17) is 18.9 Å². The van der Waals surface area contributed by atoms with Crippen molar-refractivity contribution in [2.75, 3.05) is 26.4 Å². The van der Waals surface area contributed by atoms with Gasteiger partial charge < -0.3 is 18.9 Å². The molecule has 2 atom stereocenters. The van der Waals surface area contributed by atoms with Crippen molar-refractivity contribution in [3.05, 3.63) is 35.9 Å². The molecule has 0 aliphatic rings. The lowest BCUT2D eigenvalue weighted by Gasteiger charge is -2.18. The summed E-state index contributed by atoms with van der Waals surface area (Å²) in [4.78, 5) is 0. The van der Waals surface area contributed by atoms with Crippen molar-refractivity contribution in [3.63, 3.8) is 0 Å². The van der Waals surface area contributed by atoms with Crippen molar-refractivity contribution < 1.29 is 18.9 Å². The Labute approximate surface area is 134 Å². The van der Waals surface area contributed by atoms with Gasteiger partial charge in [0.05, 0.1) is 6.61 Å². The zero-order chi connectivity index (χ0) is 16.0. The number of hydrogen-bond donors (Lipinski definition) is 0. The average molecular weight is 310 g/mol. The van der Waals surface area contributed by atoms with Gasteiger partial charge in [-0.25, -0.2) is 0 Å². The normalized spacial score (nSPS) is 14.0. The van der Waals surface area contributed by atoms with Gasteiger partial charge in [-0.15, -0.1) is 0 Å². The van der Waals surface area contributed by atoms with Crippen molar-refractivity contribution in [2.24, 2.45) is 0 Å². The van der Waals surface area contributed by atoms with Crippen LogP contribution < -0.4 is 0 Å². The molecule has 0 bridgehead atoms. The largest absolute Gasteiger partial charge is 0.353 e. The van der Waals surface area contributed by atoms with Gasteiger partial charge in [0.25, 0.3) is 0 Å². The summed E-state index contributed by atoms with van der Waals surface area (Å²) in [6.07, 6.45) is 2.34. The van der Waals surface area contributed by atoms with E-state index in [-0.39, 0.29) is 12.6 Å². The first-order valence-electron chi connectivity index (χ1n) is 8.26. The highest BCUT2D eigenvalue weighted by Gasteiger charge is 2.09. The van der Waals surface area contributed by atoms with E-state index < -0.39 is 0 Å². The molecule has 1 aromatic rings. The molecule has 0 aliphatic heterocycles. The van der Waals surface area contributed by atoms with E-state index in [0.29, 0.717) is 26.4 Å². The molecule has 0 fully saturated rings. The number of benzene rings is 1. The van der Waals surface area contributed by atoms with Gasteiger partial charge in [0.1, 0.15) is 0 Å². The van der Waals surface area contributed by atoms with Crippen molar-refractivity contribution >= 4 is 0 Å².